The van der Waals surface area contributed by atoms with E-state index in [2.05, 4.69) is 6.92 Å². The molecule has 1 atom stereocenters. The third kappa shape index (κ3) is 1.84. The van der Waals surface area contributed by atoms with Crippen LogP contribution in [0.15, 0.2) is 0 Å². The van der Waals surface area contributed by atoms with E-state index in [-0.39, 0.29) is 5.41 Å². The summed E-state index contributed by atoms with van der Waals surface area (Å²) in [6.07, 6.45) is 1.14. The number of halogens is 1. The second-order valence-corrected chi connectivity index (χ2v) is 3.82. The van der Waals surface area contributed by atoms with Gasteiger partial charge in [0.1, 0.15) is 0 Å². The van der Waals surface area contributed by atoms with Crippen LogP contribution < -0.4 is 0 Å². The topological polar surface area (TPSA) is 12.5 Å². The first-order chi connectivity index (χ1) is 4.66. The van der Waals surface area contributed by atoms with Crippen molar-refractivity contribution in [3.05, 3.63) is 0 Å². The van der Waals surface area contributed by atoms with Crippen molar-refractivity contribution in [1.29, 1.82) is 0 Å². The van der Waals surface area contributed by atoms with Crippen LogP contribution in [0.25, 0.3) is 0 Å². The van der Waals surface area contributed by atoms with Gasteiger partial charge in [-0.2, -0.15) is 0 Å². The molecule has 1 unspecified atom stereocenters. The van der Waals surface area contributed by atoms with Crippen molar-refractivity contribution < 1.29 is 4.74 Å². The summed E-state index contributed by atoms with van der Waals surface area (Å²) in [5.41, 5.74) is 0.288. The van der Waals surface area contributed by atoms with Crippen molar-refractivity contribution in [3.8, 4) is 0 Å². The van der Waals surface area contributed by atoms with Crippen molar-refractivity contribution in [2.24, 2.45) is 5.41 Å². The molecule has 0 spiro atoms. The van der Waals surface area contributed by atoms with Crippen LogP contribution >= 0.6 is 11.8 Å². The van der Waals surface area contributed by atoms with Crippen LogP contribution in [0.3, 0.4) is 0 Å². The molecule has 0 radical (unpaired) electrons. The highest BCUT2D eigenvalue weighted by Gasteiger charge is 2.32. The first-order valence-electron chi connectivity index (χ1n) is 3.56. The lowest BCUT2D eigenvalue weighted by atomic mass is 9.91. The van der Waals surface area contributed by atoms with E-state index in [1.165, 1.54) is 0 Å². The van der Waals surface area contributed by atoms with Gasteiger partial charge >= 0.3 is 0 Å². The lowest BCUT2D eigenvalue weighted by Gasteiger charge is -2.21. The summed E-state index contributed by atoms with van der Waals surface area (Å²) in [5.74, 6) is 0. The lowest BCUT2D eigenvalue weighted by Crippen LogP contribution is -2.24. The molecular formula is C7H14ClNO. The molecule has 0 saturated carbocycles. The van der Waals surface area contributed by atoms with Crippen LogP contribution in [0.4, 0.5) is 0 Å². The van der Waals surface area contributed by atoms with Crippen molar-refractivity contribution in [1.82, 2.24) is 4.42 Å². The van der Waals surface area contributed by atoms with Gasteiger partial charge in [-0.05, 0) is 18.2 Å². The van der Waals surface area contributed by atoms with E-state index in [1.54, 1.807) is 7.11 Å². The second kappa shape index (κ2) is 3.07. The van der Waals surface area contributed by atoms with E-state index in [9.17, 15) is 0 Å². The molecule has 1 heterocycles. The normalized spacial score (nSPS) is 35.1. The molecule has 1 saturated heterocycles. The van der Waals surface area contributed by atoms with Crippen LogP contribution in [-0.2, 0) is 4.74 Å². The number of hydrogen-bond donors (Lipinski definition) is 0. The molecule has 0 aromatic carbocycles. The second-order valence-electron chi connectivity index (χ2n) is 3.34. The molecule has 0 aliphatic carbocycles. The van der Waals surface area contributed by atoms with Crippen molar-refractivity contribution in [2.75, 3.05) is 26.8 Å². The zero-order chi connectivity index (χ0) is 7.61. The molecule has 1 rings (SSSR count). The van der Waals surface area contributed by atoms with Crippen molar-refractivity contribution in [3.63, 3.8) is 0 Å². The fourth-order valence-corrected chi connectivity index (χ4v) is 1.80. The Morgan fingerprint density at radius 2 is 2.40 bits per heavy atom. The quantitative estimate of drug-likeness (QED) is 0.573. The Balaban J connectivity index is 2.38. The lowest BCUT2D eigenvalue weighted by molar-refractivity contribution is 0.102. The Hall–Kier alpha value is 0.210. The Labute approximate surface area is 67.2 Å². The molecule has 1 fully saturated rings. The van der Waals surface area contributed by atoms with Crippen LogP contribution in [0.1, 0.15) is 13.3 Å². The molecular weight excluding hydrogens is 150 g/mol. The summed E-state index contributed by atoms with van der Waals surface area (Å²) in [6.45, 7) is 4.96. The number of methoxy groups -OCH3 is 1. The molecule has 60 valence electrons. The first-order valence-corrected chi connectivity index (χ1v) is 3.90. The molecule has 0 bridgehead atoms. The molecule has 0 aromatic heterocycles. The number of rotatable bonds is 2. The van der Waals surface area contributed by atoms with Crippen LogP contribution in [0.2, 0.25) is 0 Å². The van der Waals surface area contributed by atoms with Crippen molar-refractivity contribution >= 4 is 11.8 Å². The predicted molar refractivity (Wildman–Crippen MR) is 42.0 cm³/mol. The van der Waals surface area contributed by atoms with Crippen LogP contribution in [0.5, 0.6) is 0 Å². The Bertz CT molecular complexity index is 116. The van der Waals surface area contributed by atoms with Gasteiger partial charge in [-0.3, -0.25) is 0 Å². The smallest absolute Gasteiger partial charge is 0.0529 e. The highest BCUT2D eigenvalue weighted by Crippen LogP contribution is 2.30. The molecule has 1 aliphatic heterocycles. The van der Waals surface area contributed by atoms with Gasteiger partial charge in [0.2, 0.25) is 0 Å². The summed E-state index contributed by atoms with van der Waals surface area (Å²) in [7, 11) is 1.74. The molecule has 0 aromatic rings. The monoisotopic (exact) mass is 163 g/mol. The first kappa shape index (κ1) is 8.31. The molecule has 3 heteroatoms. The number of nitrogens with zero attached hydrogens (tertiary/aromatic N) is 1. The van der Waals surface area contributed by atoms with E-state index in [1.807, 2.05) is 4.42 Å². The fourth-order valence-electron chi connectivity index (χ4n) is 1.43. The maximum atomic E-state index is 5.81. The predicted octanol–water partition coefficient (Wildman–Crippen LogP) is 1.50. The fraction of sp³-hybridized carbons (Fsp3) is 1.00. The van der Waals surface area contributed by atoms with E-state index < -0.39 is 0 Å². The SMILES string of the molecule is COCC1(C)CCN(Cl)C1. The van der Waals surface area contributed by atoms with Gasteiger partial charge in [-0.15, -0.1) is 0 Å². The van der Waals surface area contributed by atoms with Gasteiger partial charge in [0.05, 0.1) is 6.61 Å². The van der Waals surface area contributed by atoms with E-state index in [4.69, 9.17) is 16.5 Å². The van der Waals surface area contributed by atoms with E-state index in [0.29, 0.717) is 0 Å². The summed E-state index contributed by atoms with van der Waals surface area (Å²) < 4.78 is 6.92. The minimum atomic E-state index is 0.288. The molecule has 2 nitrogen and oxygen atoms in total. The summed E-state index contributed by atoms with van der Waals surface area (Å²) in [5, 5.41) is 0. The molecule has 0 amide bonds. The Morgan fingerprint density at radius 1 is 1.70 bits per heavy atom. The van der Waals surface area contributed by atoms with Gasteiger partial charge in [-0.25, -0.2) is 4.42 Å². The summed E-state index contributed by atoms with van der Waals surface area (Å²) in [6, 6.07) is 0. The van der Waals surface area contributed by atoms with Gasteiger partial charge in [0, 0.05) is 25.6 Å². The largest absolute Gasteiger partial charge is 0.384 e. The van der Waals surface area contributed by atoms with E-state index in [0.717, 1.165) is 26.1 Å². The zero-order valence-electron chi connectivity index (χ0n) is 6.56. The Kier molecular flexibility index (Phi) is 2.55. The van der Waals surface area contributed by atoms with Gasteiger partial charge in [0.15, 0.2) is 0 Å². The maximum Gasteiger partial charge on any atom is 0.0529 e. The third-order valence-corrected chi connectivity index (χ3v) is 2.29. The average molecular weight is 164 g/mol. The van der Waals surface area contributed by atoms with Gasteiger partial charge in [0.25, 0.3) is 0 Å². The highest BCUT2D eigenvalue weighted by molar-refractivity contribution is 6.13. The minimum absolute atomic E-state index is 0.288. The Morgan fingerprint density at radius 3 is 2.80 bits per heavy atom. The van der Waals surface area contributed by atoms with Crippen LogP contribution in [-0.4, -0.2) is 31.2 Å². The summed E-state index contributed by atoms with van der Waals surface area (Å²) >= 11 is 5.81. The average Bonchev–Trinajstić information content (AvgIpc) is 2.12. The number of hydrogen-bond acceptors (Lipinski definition) is 2. The minimum Gasteiger partial charge on any atom is -0.384 e. The van der Waals surface area contributed by atoms with Gasteiger partial charge in [-0.1, -0.05) is 6.92 Å². The molecule has 10 heavy (non-hydrogen) atoms. The highest BCUT2D eigenvalue weighted by atomic mass is 35.5. The maximum absolute atomic E-state index is 5.81. The number of ether oxygens (including phenoxy) is 1. The van der Waals surface area contributed by atoms with Crippen LogP contribution in [0, 0.1) is 5.41 Å². The zero-order valence-corrected chi connectivity index (χ0v) is 7.32. The van der Waals surface area contributed by atoms with Gasteiger partial charge < -0.3 is 4.74 Å². The third-order valence-electron chi connectivity index (χ3n) is 2.00. The van der Waals surface area contributed by atoms with Crippen molar-refractivity contribution in [2.45, 2.75) is 13.3 Å². The standard InChI is InChI=1S/C7H14ClNO/c1-7(6-10-2)3-4-9(8)5-7/h3-6H2,1-2H3. The molecule has 1 aliphatic rings. The molecule has 0 N–H and O–H groups in total. The van der Waals surface area contributed by atoms with E-state index >= 15 is 0 Å². The summed E-state index contributed by atoms with van der Waals surface area (Å²) in [4.78, 5) is 0.